The average Bonchev–Trinajstić information content (AvgIpc) is 2.59. The van der Waals surface area contributed by atoms with E-state index >= 15 is 0 Å². The minimum atomic E-state index is -3.76. The van der Waals surface area contributed by atoms with E-state index in [-0.39, 0.29) is 10.9 Å². The molecule has 146 valence electrons. The molecule has 1 aromatic heterocycles. The number of rotatable bonds is 5. The smallest absolute Gasteiger partial charge is 0.239 e. The Bertz CT molecular complexity index is 911. The van der Waals surface area contributed by atoms with Crippen molar-refractivity contribution in [2.24, 2.45) is 17.0 Å². The van der Waals surface area contributed by atoms with Crippen molar-refractivity contribution in [3.8, 4) is 0 Å². The van der Waals surface area contributed by atoms with Gasteiger partial charge in [-0.05, 0) is 61.3 Å². The predicted octanol–water partition coefficient (Wildman–Crippen LogP) is 4.33. The number of hydrogen-bond donors (Lipinski definition) is 2. The van der Waals surface area contributed by atoms with Gasteiger partial charge in [-0.1, -0.05) is 44.0 Å². The van der Waals surface area contributed by atoms with Gasteiger partial charge in [0.2, 0.25) is 10.0 Å². The van der Waals surface area contributed by atoms with E-state index in [4.69, 9.17) is 5.14 Å². The standard InChI is InChI=1S/C21H29N3O2S/c1-14-7-6-9-17(11-14)21(18-10-5-4-8-15(18)2)24-20-12-16(3)19(13-23-20)27(22,25)26/h4-5,8,10,12-14,17,21H,6-7,9,11H2,1-3H3,(H,23,24)(H2,22,25,26). The number of aromatic nitrogens is 1. The van der Waals surface area contributed by atoms with Gasteiger partial charge in [-0.15, -0.1) is 0 Å². The fourth-order valence-electron chi connectivity index (χ4n) is 4.25. The fraction of sp³-hybridized carbons (Fsp3) is 0.476. The molecule has 3 atom stereocenters. The number of primary sulfonamides is 1. The molecule has 0 aliphatic heterocycles. The van der Waals surface area contributed by atoms with Crippen molar-refractivity contribution in [1.29, 1.82) is 0 Å². The van der Waals surface area contributed by atoms with Crippen molar-refractivity contribution in [2.75, 3.05) is 5.32 Å². The summed E-state index contributed by atoms with van der Waals surface area (Å²) in [5, 5.41) is 8.86. The van der Waals surface area contributed by atoms with Crippen LogP contribution in [0.2, 0.25) is 0 Å². The molecule has 1 aromatic carbocycles. The summed E-state index contributed by atoms with van der Waals surface area (Å²) in [6, 6.07) is 10.4. The van der Waals surface area contributed by atoms with Crippen molar-refractivity contribution in [3.63, 3.8) is 0 Å². The summed E-state index contributed by atoms with van der Waals surface area (Å²) >= 11 is 0. The molecular weight excluding hydrogens is 358 g/mol. The molecule has 0 spiro atoms. The Kier molecular flexibility index (Phi) is 5.86. The van der Waals surface area contributed by atoms with Crippen LogP contribution in [0.3, 0.4) is 0 Å². The zero-order valence-electron chi connectivity index (χ0n) is 16.3. The van der Waals surface area contributed by atoms with Crippen LogP contribution in [0, 0.1) is 25.7 Å². The summed E-state index contributed by atoms with van der Waals surface area (Å²) in [7, 11) is -3.76. The number of anilines is 1. The molecule has 1 fully saturated rings. The molecule has 0 radical (unpaired) electrons. The lowest BCUT2D eigenvalue weighted by molar-refractivity contribution is 0.256. The van der Waals surface area contributed by atoms with E-state index in [2.05, 4.69) is 48.4 Å². The second kappa shape index (κ2) is 7.98. The molecule has 0 bridgehead atoms. The van der Waals surface area contributed by atoms with Crippen LogP contribution in [-0.4, -0.2) is 13.4 Å². The Morgan fingerprint density at radius 3 is 2.56 bits per heavy atom. The molecule has 5 nitrogen and oxygen atoms in total. The van der Waals surface area contributed by atoms with Crippen LogP contribution in [0.5, 0.6) is 0 Å². The molecule has 6 heteroatoms. The number of benzene rings is 1. The van der Waals surface area contributed by atoms with Crippen molar-refractivity contribution in [3.05, 3.63) is 53.2 Å². The Labute approximate surface area is 162 Å². The number of hydrogen-bond acceptors (Lipinski definition) is 4. The third kappa shape index (κ3) is 4.68. The molecule has 1 saturated carbocycles. The van der Waals surface area contributed by atoms with Crippen molar-refractivity contribution in [2.45, 2.75) is 57.4 Å². The molecule has 3 rings (SSSR count). The van der Waals surface area contributed by atoms with Gasteiger partial charge < -0.3 is 5.32 Å². The quantitative estimate of drug-likeness (QED) is 0.800. The molecular formula is C21H29N3O2S. The highest BCUT2D eigenvalue weighted by Crippen LogP contribution is 2.39. The number of pyridine rings is 1. The summed E-state index contributed by atoms with van der Waals surface area (Å²) < 4.78 is 23.3. The van der Waals surface area contributed by atoms with Crippen LogP contribution in [0.25, 0.3) is 0 Å². The molecule has 1 heterocycles. The Morgan fingerprint density at radius 1 is 1.19 bits per heavy atom. The van der Waals surface area contributed by atoms with E-state index in [1.165, 1.54) is 43.0 Å². The fourth-order valence-corrected chi connectivity index (χ4v) is 4.96. The number of sulfonamides is 1. The zero-order valence-corrected chi connectivity index (χ0v) is 17.1. The number of aryl methyl sites for hydroxylation is 2. The Hall–Kier alpha value is -1.92. The number of nitrogens with zero attached hydrogens (tertiary/aromatic N) is 1. The molecule has 0 saturated heterocycles. The van der Waals surface area contributed by atoms with Gasteiger partial charge in [-0.2, -0.15) is 0 Å². The van der Waals surface area contributed by atoms with Gasteiger partial charge in [0.1, 0.15) is 10.7 Å². The minimum absolute atomic E-state index is 0.0757. The van der Waals surface area contributed by atoms with Crippen LogP contribution < -0.4 is 10.5 Å². The van der Waals surface area contributed by atoms with Crippen LogP contribution in [0.15, 0.2) is 41.4 Å². The lowest BCUT2D eigenvalue weighted by atomic mass is 9.76. The van der Waals surface area contributed by atoms with Gasteiger partial charge in [-0.3, -0.25) is 0 Å². The molecule has 0 amide bonds. The lowest BCUT2D eigenvalue weighted by Crippen LogP contribution is -2.27. The third-order valence-corrected chi connectivity index (χ3v) is 6.69. The Morgan fingerprint density at radius 2 is 1.93 bits per heavy atom. The average molecular weight is 388 g/mol. The van der Waals surface area contributed by atoms with E-state index < -0.39 is 10.0 Å². The second-order valence-corrected chi connectivity index (χ2v) is 9.42. The number of nitrogens with two attached hydrogens (primary N) is 1. The lowest BCUT2D eigenvalue weighted by Gasteiger charge is -2.35. The summed E-state index contributed by atoms with van der Waals surface area (Å²) in [5.41, 5.74) is 3.15. The molecule has 1 aliphatic rings. The molecule has 3 unspecified atom stereocenters. The van der Waals surface area contributed by atoms with Crippen LogP contribution >= 0.6 is 0 Å². The van der Waals surface area contributed by atoms with Crippen LogP contribution in [0.4, 0.5) is 5.82 Å². The van der Waals surface area contributed by atoms with E-state index in [1.807, 2.05) is 0 Å². The highest BCUT2D eigenvalue weighted by molar-refractivity contribution is 7.89. The normalized spacial score (nSPS) is 21.6. The third-order valence-electron chi connectivity index (χ3n) is 5.64. The first-order valence-electron chi connectivity index (χ1n) is 9.57. The highest BCUT2D eigenvalue weighted by atomic mass is 32.2. The van der Waals surface area contributed by atoms with Gasteiger partial charge >= 0.3 is 0 Å². The number of nitrogens with one attached hydrogen (secondary N) is 1. The molecule has 3 N–H and O–H groups in total. The van der Waals surface area contributed by atoms with Gasteiger partial charge in [0, 0.05) is 6.20 Å². The molecule has 2 aromatic rings. The summed E-state index contributed by atoms with van der Waals surface area (Å²) in [4.78, 5) is 4.42. The van der Waals surface area contributed by atoms with E-state index in [9.17, 15) is 8.42 Å². The first-order valence-corrected chi connectivity index (χ1v) is 11.1. The SMILES string of the molecule is Cc1ccccc1C(Nc1cc(C)c(S(N)(=O)=O)cn1)C1CCCC(C)C1. The summed E-state index contributed by atoms with van der Waals surface area (Å²) in [6.07, 6.45) is 6.25. The van der Waals surface area contributed by atoms with Crippen LogP contribution in [-0.2, 0) is 10.0 Å². The predicted molar refractivity (Wildman–Crippen MR) is 109 cm³/mol. The Balaban J connectivity index is 1.94. The zero-order chi connectivity index (χ0) is 19.6. The second-order valence-electron chi connectivity index (χ2n) is 7.89. The largest absolute Gasteiger partial charge is 0.363 e. The van der Waals surface area contributed by atoms with Crippen LogP contribution in [0.1, 0.15) is 55.3 Å². The summed E-state index contributed by atoms with van der Waals surface area (Å²) in [5.74, 6) is 1.93. The van der Waals surface area contributed by atoms with Crippen molar-refractivity contribution >= 4 is 15.8 Å². The summed E-state index contributed by atoms with van der Waals surface area (Å²) in [6.45, 7) is 6.21. The van der Waals surface area contributed by atoms with Gasteiger partial charge in [-0.25, -0.2) is 18.5 Å². The first kappa shape index (κ1) is 19.8. The van der Waals surface area contributed by atoms with Gasteiger partial charge in [0.25, 0.3) is 0 Å². The topological polar surface area (TPSA) is 85.1 Å². The van der Waals surface area contributed by atoms with Gasteiger partial charge in [0.15, 0.2) is 0 Å². The maximum atomic E-state index is 11.7. The van der Waals surface area contributed by atoms with E-state index in [1.54, 1.807) is 13.0 Å². The molecule has 1 aliphatic carbocycles. The maximum Gasteiger partial charge on any atom is 0.239 e. The maximum absolute atomic E-state index is 11.7. The van der Waals surface area contributed by atoms with Crippen molar-refractivity contribution in [1.82, 2.24) is 4.98 Å². The highest BCUT2D eigenvalue weighted by Gasteiger charge is 2.29. The minimum Gasteiger partial charge on any atom is -0.363 e. The molecule has 27 heavy (non-hydrogen) atoms. The monoisotopic (exact) mass is 387 g/mol. The van der Waals surface area contributed by atoms with E-state index in [0.717, 1.165) is 5.92 Å². The van der Waals surface area contributed by atoms with E-state index in [0.29, 0.717) is 17.3 Å². The van der Waals surface area contributed by atoms with Crippen molar-refractivity contribution < 1.29 is 8.42 Å². The first-order chi connectivity index (χ1) is 12.8. The van der Waals surface area contributed by atoms with Gasteiger partial charge in [0.05, 0.1) is 6.04 Å².